The van der Waals surface area contributed by atoms with Crippen LogP contribution in [0.25, 0.3) is 0 Å². The summed E-state index contributed by atoms with van der Waals surface area (Å²) < 4.78 is 26.9. The highest BCUT2D eigenvalue weighted by atomic mass is 32.2. The molecule has 6 heteroatoms. The van der Waals surface area contributed by atoms with Gasteiger partial charge in [0.15, 0.2) is 0 Å². The van der Waals surface area contributed by atoms with E-state index in [2.05, 4.69) is 19.2 Å². The average Bonchev–Trinajstić information content (AvgIpc) is 2.75. The summed E-state index contributed by atoms with van der Waals surface area (Å²) in [6.07, 6.45) is 0. The van der Waals surface area contributed by atoms with Crippen molar-refractivity contribution in [3.8, 4) is 0 Å². The zero-order valence-corrected chi connectivity index (χ0v) is 13.9. The summed E-state index contributed by atoms with van der Waals surface area (Å²) in [6, 6.07) is 3.98. The first kappa shape index (κ1) is 16.6. The van der Waals surface area contributed by atoms with E-state index in [0.29, 0.717) is 23.3 Å². The van der Waals surface area contributed by atoms with Crippen LogP contribution in [0.3, 0.4) is 0 Å². The molecule has 0 spiro atoms. The number of nitrogens with zero attached hydrogens (tertiary/aromatic N) is 1. The van der Waals surface area contributed by atoms with Crippen LogP contribution in [0.1, 0.15) is 39.5 Å². The van der Waals surface area contributed by atoms with Crippen LogP contribution in [0.2, 0.25) is 0 Å². The molecule has 0 saturated heterocycles. The molecule has 0 aliphatic rings. The van der Waals surface area contributed by atoms with Gasteiger partial charge in [0, 0.05) is 30.1 Å². The van der Waals surface area contributed by atoms with E-state index >= 15 is 0 Å². The fraction of sp³-hybridized carbons (Fsp3) is 0.692. The van der Waals surface area contributed by atoms with Crippen LogP contribution in [0, 0.1) is 0 Å². The van der Waals surface area contributed by atoms with E-state index in [0.717, 1.165) is 4.88 Å². The fourth-order valence-electron chi connectivity index (χ4n) is 1.82. The van der Waals surface area contributed by atoms with Crippen molar-refractivity contribution in [2.24, 2.45) is 0 Å². The van der Waals surface area contributed by atoms with Crippen molar-refractivity contribution in [2.45, 2.75) is 57.5 Å². The maximum atomic E-state index is 12.5. The van der Waals surface area contributed by atoms with Crippen LogP contribution in [0.15, 0.2) is 16.3 Å². The van der Waals surface area contributed by atoms with Gasteiger partial charge in [-0.05, 0) is 26.0 Å². The first-order valence-corrected chi connectivity index (χ1v) is 8.88. The lowest BCUT2D eigenvalue weighted by Crippen LogP contribution is -2.36. The van der Waals surface area contributed by atoms with Crippen LogP contribution in [0.5, 0.6) is 0 Å². The number of hydrogen-bond donors (Lipinski definition) is 1. The third kappa shape index (κ3) is 4.27. The van der Waals surface area contributed by atoms with Crippen molar-refractivity contribution in [3.63, 3.8) is 0 Å². The van der Waals surface area contributed by atoms with Crippen molar-refractivity contribution in [1.29, 1.82) is 0 Å². The first-order chi connectivity index (χ1) is 8.78. The molecule has 1 heterocycles. The molecule has 1 aromatic rings. The molecule has 0 fully saturated rings. The SMILES string of the molecule is CCN(C(C)C)S(=O)(=O)c1ccc(CNC(C)C)s1. The van der Waals surface area contributed by atoms with E-state index < -0.39 is 10.0 Å². The second kappa shape index (κ2) is 6.83. The minimum atomic E-state index is -3.34. The van der Waals surface area contributed by atoms with Gasteiger partial charge in [0.2, 0.25) is 0 Å². The zero-order valence-electron chi connectivity index (χ0n) is 12.3. The van der Waals surface area contributed by atoms with Crippen LogP contribution >= 0.6 is 11.3 Å². The van der Waals surface area contributed by atoms with Crippen molar-refractivity contribution in [2.75, 3.05) is 6.54 Å². The maximum Gasteiger partial charge on any atom is 0.252 e. The van der Waals surface area contributed by atoms with Gasteiger partial charge in [-0.3, -0.25) is 0 Å². The molecule has 0 aliphatic carbocycles. The lowest BCUT2D eigenvalue weighted by molar-refractivity contribution is 0.370. The Bertz CT molecular complexity index is 492. The average molecular weight is 304 g/mol. The van der Waals surface area contributed by atoms with Crippen LogP contribution in [-0.2, 0) is 16.6 Å². The molecular weight excluding hydrogens is 280 g/mol. The Labute approximate surface area is 120 Å². The second-order valence-electron chi connectivity index (χ2n) is 5.06. The summed E-state index contributed by atoms with van der Waals surface area (Å²) in [5, 5.41) is 3.29. The molecule has 4 nitrogen and oxygen atoms in total. The lowest BCUT2D eigenvalue weighted by Gasteiger charge is -2.23. The molecular formula is C13H24N2O2S2. The first-order valence-electron chi connectivity index (χ1n) is 6.63. The van der Waals surface area contributed by atoms with Crippen LogP contribution in [-0.4, -0.2) is 31.4 Å². The van der Waals surface area contributed by atoms with Crippen molar-refractivity contribution < 1.29 is 8.42 Å². The predicted molar refractivity (Wildman–Crippen MR) is 81.0 cm³/mol. The van der Waals surface area contributed by atoms with E-state index in [1.165, 1.54) is 15.6 Å². The minimum absolute atomic E-state index is 0.0191. The van der Waals surface area contributed by atoms with Gasteiger partial charge in [-0.1, -0.05) is 20.8 Å². The Morgan fingerprint density at radius 3 is 2.37 bits per heavy atom. The lowest BCUT2D eigenvalue weighted by atomic mass is 10.4. The van der Waals surface area contributed by atoms with Gasteiger partial charge in [-0.25, -0.2) is 8.42 Å². The molecule has 0 saturated carbocycles. The monoisotopic (exact) mass is 304 g/mol. The van der Waals surface area contributed by atoms with Gasteiger partial charge in [0.25, 0.3) is 10.0 Å². The van der Waals surface area contributed by atoms with Gasteiger partial charge in [0.1, 0.15) is 4.21 Å². The summed E-state index contributed by atoms with van der Waals surface area (Å²) in [7, 11) is -3.34. The molecule has 0 radical (unpaired) electrons. The van der Waals surface area contributed by atoms with Gasteiger partial charge in [-0.2, -0.15) is 4.31 Å². The molecule has 1 aromatic heterocycles. The molecule has 1 N–H and O–H groups in total. The number of thiophene rings is 1. The van der Waals surface area contributed by atoms with Gasteiger partial charge >= 0.3 is 0 Å². The largest absolute Gasteiger partial charge is 0.310 e. The third-order valence-corrected chi connectivity index (χ3v) is 6.48. The molecule has 0 unspecified atom stereocenters. The van der Waals surface area contributed by atoms with E-state index in [4.69, 9.17) is 0 Å². The Balaban J connectivity index is 2.91. The zero-order chi connectivity index (χ0) is 14.6. The number of rotatable bonds is 7. The molecule has 1 rings (SSSR count). The minimum Gasteiger partial charge on any atom is -0.310 e. The van der Waals surface area contributed by atoms with Crippen molar-refractivity contribution in [1.82, 2.24) is 9.62 Å². The summed E-state index contributed by atoms with van der Waals surface area (Å²) in [5.41, 5.74) is 0. The van der Waals surface area contributed by atoms with Gasteiger partial charge < -0.3 is 5.32 Å². The summed E-state index contributed by atoms with van der Waals surface area (Å²) >= 11 is 1.35. The standard InChI is InChI=1S/C13H24N2O2S2/c1-6-15(11(4)5)19(16,17)13-8-7-12(18-13)9-14-10(2)3/h7-8,10-11,14H,6,9H2,1-5H3. The van der Waals surface area contributed by atoms with E-state index in [9.17, 15) is 8.42 Å². The molecule has 0 atom stereocenters. The molecule has 110 valence electrons. The number of sulfonamides is 1. The molecule has 19 heavy (non-hydrogen) atoms. The van der Waals surface area contributed by atoms with E-state index in [1.54, 1.807) is 6.07 Å². The second-order valence-corrected chi connectivity index (χ2v) is 8.34. The highest BCUT2D eigenvalue weighted by Crippen LogP contribution is 2.26. The van der Waals surface area contributed by atoms with Crippen LogP contribution < -0.4 is 5.32 Å². The fourth-order valence-corrected chi connectivity index (χ4v) is 4.91. The summed E-state index contributed by atoms with van der Waals surface area (Å²) in [6.45, 7) is 11.0. The number of hydrogen-bond acceptors (Lipinski definition) is 4. The Morgan fingerprint density at radius 2 is 1.89 bits per heavy atom. The van der Waals surface area contributed by atoms with Gasteiger partial charge in [-0.15, -0.1) is 11.3 Å². The molecule has 0 aliphatic heterocycles. The molecule has 0 amide bonds. The van der Waals surface area contributed by atoms with Crippen LogP contribution in [0.4, 0.5) is 0 Å². The highest BCUT2D eigenvalue weighted by Gasteiger charge is 2.26. The van der Waals surface area contributed by atoms with E-state index in [1.807, 2.05) is 26.8 Å². The highest BCUT2D eigenvalue weighted by molar-refractivity contribution is 7.91. The Kier molecular flexibility index (Phi) is 5.98. The Morgan fingerprint density at radius 1 is 1.26 bits per heavy atom. The molecule has 0 aromatic carbocycles. The topological polar surface area (TPSA) is 49.4 Å². The summed E-state index contributed by atoms with van der Waals surface area (Å²) in [4.78, 5) is 1.05. The normalized spacial score (nSPS) is 12.8. The molecule has 0 bridgehead atoms. The smallest absolute Gasteiger partial charge is 0.252 e. The van der Waals surface area contributed by atoms with Crippen molar-refractivity contribution >= 4 is 21.4 Å². The van der Waals surface area contributed by atoms with E-state index in [-0.39, 0.29) is 6.04 Å². The van der Waals surface area contributed by atoms with Crippen molar-refractivity contribution in [3.05, 3.63) is 17.0 Å². The predicted octanol–water partition coefficient (Wildman–Crippen LogP) is 2.67. The quantitative estimate of drug-likeness (QED) is 0.842. The maximum absolute atomic E-state index is 12.5. The third-order valence-electron chi connectivity index (χ3n) is 2.77. The number of nitrogens with one attached hydrogen (secondary N) is 1. The van der Waals surface area contributed by atoms with Gasteiger partial charge in [0.05, 0.1) is 0 Å². The Hall–Kier alpha value is -0.430. The summed E-state index contributed by atoms with van der Waals surface area (Å²) in [5.74, 6) is 0.